The van der Waals surface area contributed by atoms with Gasteiger partial charge in [-0.25, -0.2) is 8.42 Å². The highest BCUT2D eigenvalue weighted by Gasteiger charge is 2.34. The van der Waals surface area contributed by atoms with Crippen LogP contribution < -0.4 is 14.4 Å². The molecular formula is C27H29Cl2N3O5S. The summed E-state index contributed by atoms with van der Waals surface area (Å²) in [7, 11) is -1.35. The van der Waals surface area contributed by atoms with Crippen molar-refractivity contribution in [3.8, 4) is 5.75 Å². The van der Waals surface area contributed by atoms with E-state index in [0.29, 0.717) is 15.6 Å². The number of carbonyl (C=O) groups excluding carboxylic acids is 2. The average Bonchev–Trinajstić information content (AvgIpc) is 2.91. The maximum Gasteiger partial charge on any atom is 0.264 e. The first-order valence-electron chi connectivity index (χ1n) is 11.7. The van der Waals surface area contributed by atoms with E-state index in [4.69, 9.17) is 27.9 Å². The van der Waals surface area contributed by atoms with Crippen LogP contribution in [0.4, 0.5) is 5.69 Å². The fraction of sp³-hybridized carbons (Fsp3) is 0.259. The molecular weight excluding hydrogens is 549 g/mol. The molecule has 2 amide bonds. The monoisotopic (exact) mass is 577 g/mol. The van der Waals surface area contributed by atoms with Gasteiger partial charge < -0.3 is 15.0 Å². The normalized spacial score (nSPS) is 11.9. The van der Waals surface area contributed by atoms with Crippen LogP contribution >= 0.6 is 23.2 Å². The van der Waals surface area contributed by atoms with Gasteiger partial charge in [-0.3, -0.25) is 13.9 Å². The molecule has 0 saturated heterocycles. The zero-order chi connectivity index (χ0) is 28.0. The Hall–Kier alpha value is -3.27. The van der Waals surface area contributed by atoms with Crippen LogP contribution in [0.25, 0.3) is 0 Å². The minimum Gasteiger partial charge on any atom is -0.495 e. The van der Waals surface area contributed by atoms with Gasteiger partial charge in [0.05, 0.1) is 17.7 Å². The van der Waals surface area contributed by atoms with Crippen LogP contribution in [0.3, 0.4) is 0 Å². The Balaban J connectivity index is 2.13. The number of anilines is 1. The predicted octanol–water partition coefficient (Wildman–Crippen LogP) is 4.67. The third kappa shape index (κ3) is 6.40. The summed E-state index contributed by atoms with van der Waals surface area (Å²) in [6.45, 7) is 2.62. The molecule has 11 heteroatoms. The van der Waals surface area contributed by atoms with Crippen molar-refractivity contribution in [2.75, 3.05) is 25.0 Å². The third-order valence-corrected chi connectivity index (χ3v) is 8.50. The molecule has 0 saturated carbocycles. The van der Waals surface area contributed by atoms with Crippen LogP contribution in [0.2, 0.25) is 10.0 Å². The van der Waals surface area contributed by atoms with Crippen LogP contribution in [-0.4, -0.2) is 51.9 Å². The summed E-state index contributed by atoms with van der Waals surface area (Å²) in [6, 6.07) is 16.8. The number of hydrogen-bond acceptors (Lipinski definition) is 5. The number of likely N-dealkylation sites (N-methyl/N-ethyl adjacent to an activating group) is 1. The minimum atomic E-state index is -4.22. The summed E-state index contributed by atoms with van der Waals surface area (Å²) in [5, 5.41) is 3.16. The third-order valence-electron chi connectivity index (χ3n) is 6.02. The molecule has 0 spiro atoms. The lowest BCUT2D eigenvalue weighted by atomic mass is 10.1. The molecule has 3 aromatic rings. The molecule has 0 bridgehead atoms. The number of sulfonamides is 1. The van der Waals surface area contributed by atoms with Gasteiger partial charge in [-0.1, -0.05) is 53.5 Å². The van der Waals surface area contributed by atoms with Crippen molar-refractivity contribution in [2.24, 2.45) is 0 Å². The van der Waals surface area contributed by atoms with Gasteiger partial charge in [-0.2, -0.15) is 0 Å². The van der Waals surface area contributed by atoms with Crippen LogP contribution in [-0.2, 0) is 26.2 Å². The Morgan fingerprint density at radius 3 is 2.21 bits per heavy atom. The van der Waals surface area contributed by atoms with Crippen molar-refractivity contribution in [3.63, 3.8) is 0 Å². The lowest BCUT2D eigenvalue weighted by molar-refractivity contribution is -0.139. The molecule has 38 heavy (non-hydrogen) atoms. The zero-order valence-corrected chi connectivity index (χ0v) is 23.8. The molecule has 0 aliphatic rings. The molecule has 0 aliphatic heterocycles. The van der Waals surface area contributed by atoms with E-state index >= 15 is 0 Å². The summed E-state index contributed by atoms with van der Waals surface area (Å²) < 4.78 is 34.2. The fourth-order valence-corrected chi connectivity index (χ4v) is 5.83. The smallest absolute Gasteiger partial charge is 0.264 e. The number of rotatable bonds is 10. The Labute approximate surface area is 233 Å². The van der Waals surface area contributed by atoms with Crippen molar-refractivity contribution in [3.05, 3.63) is 87.9 Å². The maximum atomic E-state index is 13.9. The molecule has 1 atom stereocenters. The lowest BCUT2D eigenvalue weighted by Gasteiger charge is -2.32. The highest BCUT2D eigenvalue weighted by molar-refractivity contribution is 7.92. The number of methoxy groups -OCH3 is 1. The van der Waals surface area contributed by atoms with E-state index in [0.717, 1.165) is 9.87 Å². The number of aryl methyl sites for hydroxylation is 1. The van der Waals surface area contributed by atoms with Gasteiger partial charge in [-0.05, 0) is 55.8 Å². The molecule has 0 aliphatic carbocycles. The standard InChI is InChI=1S/C27H29Cl2N3O5S/c1-18-13-14-25(37-4)24(15-18)32(38(35,36)20-9-6-5-7-10-20)17-26(33)31(19(2)27(34)30-3)16-21-22(28)11-8-12-23(21)29/h5-15,19H,16-17H2,1-4H3,(H,30,34). The molecule has 3 rings (SSSR count). The van der Waals surface area contributed by atoms with Gasteiger partial charge in [0.15, 0.2) is 0 Å². The molecule has 202 valence electrons. The average molecular weight is 579 g/mol. The minimum absolute atomic E-state index is 0.00333. The number of ether oxygens (including phenoxy) is 1. The van der Waals surface area contributed by atoms with Crippen molar-refractivity contribution in [1.82, 2.24) is 10.2 Å². The van der Waals surface area contributed by atoms with E-state index in [1.165, 1.54) is 31.2 Å². The first-order valence-corrected chi connectivity index (χ1v) is 13.9. The van der Waals surface area contributed by atoms with E-state index in [2.05, 4.69) is 5.32 Å². The predicted molar refractivity (Wildman–Crippen MR) is 149 cm³/mol. The van der Waals surface area contributed by atoms with Gasteiger partial charge in [0.25, 0.3) is 10.0 Å². The quantitative estimate of drug-likeness (QED) is 0.378. The van der Waals surface area contributed by atoms with Gasteiger partial charge in [0.2, 0.25) is 11.8 Å². The van der Waals surface area contributed by atoms with Gasteiger partial charge in [0, 0.05) is 29.2 Å². The molecule has 0 aromatic heterocycles. The van der Waals surface area contributed by atoms with Gasteiger partial charge in [0.1, 0.15) is 18.3 Å². The van der Waals surface area contributed by atoms with E-state index < -0.39 is 34.4 Å². The Morgan fingerprint density at radius 2 is 1.63 bits per heavy atom. The Bertz CT molecular complexity index is 1400. The number of amides is 2. The Kier molecular flexibility index (Phi) is 9.65. The van der Waals surface area contributed by atoms with Crippen LogP contribution in [0.5, 0.6) is 5.75 Å². The molecule has 3 aromatic carbocycles. The summed E-state index contributed by atoms with van der Waals surface area (Å²) in [6.07, 6.45) is 0. The van der Waals surface area contributed by atoms with Crippen molar-refractivity contribution in [1.29, 1.82) is 0 Å². The lowest BCUT2D eigenvalue weighted by Crippen LogP contribution is -2.50. The number of halogens is 2. The highest BCUT2D eigenvalue weighted by atomic mass is 35.5. The molecule has 1 unspecified atom stereocenters. The summed E-state index contributed by atoms with van der Waals surface area (Å²) in [4.78, 5) is 27.8. The number of nitrogens with zero attached hydrogens (tertiary/aromatic N) is 2. The molecule has 8 nitrogen and oxygen atoms in total. The molecule has 0 heterocycles. The maximum absolute atomic E-state index is 13.9. The van der Waals surface area contributed by atoms with Crippen molar-refractivity contribution in [2.45, 2.75) is 31.3 Å². The molecule has 0 fully saturated rings. The van der Waals surface area contributed by atoms with Crippen molar-refractivity contribution < 1.29 is 22.7 Å². The first kappa shape index (κ1) is 29.3. The SMILES string of the molecule is CNC(=O)C(C)N(Cc1c(Cl)cccc1Cl)C(=O)CN(c1cc(C)ccc1OC)S(=O)(=O)c1ccccc1. The summed E-state index contributed by atoms with van der Waals surface area (Å²) >= 11 is 12.7. The second-order valence-electron chi connectivity index (χ2n) is 8.51. The second-order valence-corrected chi connectivity index (χ2v) is 11.2. The van der Waals surface area contributed by atoms with Crippen LogP contribution in [0, 0.1) is 6.92 Å². The van der Waals surface area contributed by atoms with E-state index in [1.807, 2.05) is 0 Å². The van der Waals surface area contributed by atoms with Gasteiger partial charge in [-0.15, -0.1) is 0 Å². The van der Waals surface area contributed by atoms with Crippen molar-refractivity contribution >= 4 is 50.7 Å². The topological polar surface area (TPSA) is 96.0 Å². The fourth-order valence-electron chi connectivity index (χ4n) is 3.87. The number of nitrogens with one attached hydrogen (secondary N) is 1. The number of carbonyl (C=O) groups is 2. The zero-order valence-electron chi connectivity index (χ0n) is 21.4. The van der Waals surface area contributed by atoms with E-state index in [1.54, 1.807) is 68.4 Å². The largest absolute Gasteiger partial charge is 0.495 e. The summed E-state index contributed by atoms with van der Waals surface area (Å²) in [5.41, 5.74) is 1.39. The number of benzene rings is 3. The summed E-state index contributed by atoms with van der Waals surface area (Å²) in [5.74, 6) is -0.810. The first-order chi connectivity index (χ1) is 18.0. The van der Waals surface area contributed by atoms with E-state index in [9.17, 15) is 18.0 Å². The Morgan fingerprint density at radius 1 is 1.00 bits per heavy atom. The van der Waals surface area contributed by atoms with Crippen LogP contribution in [0.1, 0.15) is 18.1 Å². The second kappa shape index (κ2) is 12.5. The molecule has 1 N–H and O–H groups in total. The highest BCUT2D eigenvalue weighted by Crippen LogP contribution is 2.34. The number of hydrogen-bond donors (Lipinski definition) is 1. The van der Waals surface area contributed by atoms with E-state index in [-0.39, 0.29) is 22.9 Å². The van der Waals surface area contributed by atoms with Gasteiger partial charge >= 0.3 is 0 Å². The molecule has 0 radical (unpaired) electrons. The van der Waals surface area contributed by atoms with Crippen LogP contribution in [0.15, 0.2) is 71.6 Å².